The largest absolute Gasteiger partial charge is 0.459 e. The lowest BCUT2D eigenvalue weighted by atomic mass is 9.82. The van der Waals surface area contributed by atoms with Crippen molar-refractivity contribution < 1.29 is 19.1 Å². The summed E-state index contributed by atoms with van der Waals surface area (Å²) in [5.74, 6) is 0.868. The zero-order valence-corrected chi connectivity index (χ0v) is 17.6. The van der Waals surface area contributed by atoms with Crippen LogP contribution in [0.15, 0.2) is 0 Å². The summed E-state index contributed by atoms with van der Waals surface area (Å²) in [6, 6.07) is -0.291. The first-order chi connectivity index (χ1) is 11.9. The van der Waals surface area contributed by atoms with E-state index in [-0.39, 0.29) is 18.1 Å². The van der Waals surface area contributed by atoms with Crippen molar-refractivity contribution in [2.45, 2.75) is 91.4 Å². The average Bonchev–Trinajstić information content (AvgIpc) is 2.48. The summed E-state index contributed by atoms with van der Waals surface area (Å²) in [6.07, 6.45) is 4.04. The molecular weight excluding hydrogens is 332 g/mol. The highest BCUT2D eigenvalue weighted by molar-refractivity contribution is 5.75. The van der Waals surface area contributed by atoms with Crippen molar-refractivity contribution in [1.29, 1.82) is 0 Å². The van der Waals surface area contributed by atoms with Crippen molar-refractivity contribution >= 4 is 12.1 Å². The Morgan fingerprint density at radius 2 is 1.35 bits per heavy atom. The van der Waals surface area contributed by atoms with E-state index in [1.54, 1.807) is 0 Å². The molecule has 1 aliphatic rings. The first-order valence-electron chi connectivity index (χ1n) is 9.79. The Morgan fingerprint density at radius 1 is 0.885 bits per heavy atom. The molecule has 0 heterocycles. The van der Waals surface area contributed by atoms with E-state index in [1.165, 1.54) is 0 Å². The molecule has 0 radical (unpaired) electrons. The lowest BCUT2D eigenvalue weighted by molar-refractivity contribution is -0.157. The Hall–Kier alpha value is -1.30. The Labute approximate surface area is 158 Å². The summed E-state index contributed by atoms with van der Waals surface area (Å²) in [6.45, 7) is 14.6. The minimum atomic E-state index is -0.460. The van der Waals surface area contributed by atoms with E-state index in [0.717, 1.165) is 32.2 Å². The molecule has 0 aromatic carbocycles. The van der Waals surface area contributed by atoms with E-state index in [1.807, 2.05) is 48.5 Å². The summed E-state index contributed by atoms with van der Waals surface area (Å²) in [7, 11) is 0. The minimum absolute atomic E-state index is 0.201. The van der Waals surface area contributed by atoms with Crippen molar-refractivity contribution in [3.05, 3.63) is 0 Å². The standard InChI is InChI=1S/C20H38N2O4/c1-14(17(23)25-19(2,3)4)21-12-15-8-10-16(11-9-15)13-22-18(24)26-20(5,6)7/h14-16,21H,8-13H2,1-7H3,(H,22,24)/t14-,15?,16?/m0/s1. The average molecular weight is 371 g/mol. The van der Waals surface area contributed by atoms with Gasteiger partial charge in [0.15, 0.2) is 0 Å². The molecule has 0 unspecified atom stereocenters. The number of rotatable bonds is 6. The van der Waals surface area contributed by atoms with Crippen LogP contribution in [0.5, 0.6) is 0 Å². The van der Waals surface area contributed by atoms with Gasteiger partial charge in [-0.05, 0) is 92.5 Å². The molecule has 0 aromatic rings. The molecule has 1 atom stereocenters. The van der Waals surface area contributed by atoms with Gasteiger partial charge in [0.05, 0.1) is 0 Å². The second-order valence-corrected chi connectivity index (χ2v) is 9.43. The second kappa shape index (κ2) is 9.58. The molecule has 0 aliphatic heterocycles. The van der Waals surface area contributed by atoms with Gasteiger partial charge in [-0.1, -0.05) is 0 Å². The molecule has 152 valence electrons. The van der Waals surface area contributed by atoms with Gasteiger partial charge in [0.1, 0.15) is 17.2 Å². The summed E-state index contributed by atoms with van der Waals surface area (Å²) in [4.78, 5) is 23.7. The Morgan fingerprint density at radius 3 is 1.81 bits per heavy atom. The van der Waals surface area contributed by atoms with Crippen LogP contribution < -0.4 is 10.6 Å². The highest BCUT2D eigenvalue weighted by Crippen LogP contribution is 2.28. The fraction of sp³-hybridized carbons (Fsp3) is 0.900. The zero-order valence-electron chi connectivity index (χ0n) is 17.6. The van der Waals surface area contributed by atoms with Crippen molar-refractivity contribution in [3.63, 3.8) is 0 Å². The third kappa shape index (κ3) is 10.00. The van der Waals surface area contributed by atoms with E-state index in [4.69, 9.17) is 9.47 Å². The smallest absolute Gasteiger partial charge is 0.407 e. The molecule has 0 saturated heterocycles. The number of carbonyl (C=O) groups is 2. The van der Waals surface area contributed by atoms with Gasteiger partial charge < -0.3 is 20.1 Å². The first-order valence-corrected chi connectivity index (χ1v) is 9.79. The highest BCUT2D eigenvalue weighted by Gasteiger charge is 2.25. The van der Waals surface area contributed by atoms with Crippen molar-refractivity contribution in [2.75, 3.05) is 13.1 Å². The van der Waals surface area contributed by atoms with Crippen molar-refractivity contribution in [2.24, 2.45) is 11.8 Å². The van der Waals surface area contributed by atoms with Crippen LogP contribution in [0.25, 0.3) is 0 Å². The first kappa shape index (κ1) is 22.7. The Bertz CT molecular complexity index is 457. The molecule has 0 spiro atoms. The molecule has 1 aliphatic carbocycles. The van der Waals surface area contributed by atoms with Crippen LogP contribution in [0.3, 0.4) is 0 Å². The molecule has 2 N–H and O–H groups in total. The van der Waals surface area contributed by atoms with Crippen LogP contribution in [0.2, 0.25) is 0 Å². The van der Waals surface area contributed by atoms with Crippen LogP contribution in [0.4, 0.5) is 4.79 Å². The molecule has 1 fully saturated rings. The third-order valence-corrected chi connectivity index (χ3v) is 4.37. The summed E-state index contributed by atoms with van der Waals surface area (Å²) < 4.78 is 10.7. The number of carbonyl (C=O) groups excluding carboxylic acids is 2. The monoisotopic (exact) mass is 370 g/mol. The number of ether oxygens (including phenoxy) is 2. The summed E-state index contributed by atoms with van der Waals surface area (Å²) >= 11 is 0. The molecule has 1 amide bonds. The van der Waals surface area contributed by atoms with E-state index in [0.29, 0.717) is 18.4 Å². The minimum Gasteiger partial charge on any atom is -0.459 e. The topological polar surface area (TPSA) is 76.7 Å². The molecule has 0 aromatic heterocycles. The molecule has 1 rings (SSSR count). The number of hydrogen-bond donors (Lipinski definition) is 2. The van der Waals surface area contributed by atoms with Crippen LogP contribution >= 0.6 is 0 Å². The normalized spacial score (nSPS) is 22.4. The maximum Gasteiger partial charge on any atom is 0.407 e. The van der Waals surface area contributed by atoms with Crippen molar-refractivity contribution in [3.8, 4) is 0 Å². The van der Waals surface area contributed by atoms with Gasteiger partial charge in [-0.15, -0.1) is 0 Å². The fourth-order valence-electron chi connectivity index (χ4n) is 3.00. The number of esters is 1. The van der Waals surface area contributed by atoms with E-state index in [9.17, 15) is 9.59 Å². The quantitative estimate of drug-likeness (QED) is 0.698. The van der Waals surface area contributed by atoms with Gasteiger partial charge in [0.2, 0.25) is 0 Å². The van der Waals surface area contributed by atoms with Crippen molar-refractivity contribution in [1.82, 2.24) is 10.6 Å². The lowest BCUT2D eigenvalue weighted by Crippen LogP contribution is -2.42. The molecule has 6 nitrogen and oxygen atoms in total. The molecule has 1 saturated carbocycles. The van der Waals surface area contributed by atoms with E-state index >= 15 is 0 Å². The number of nitrogens with one attached hydrogen (secondary N) is 2. The SMILES string of the molecule is C[C@H](NCC1CCC(CNC(=O)OC(C)(C)C)CC1)C(=O)OC(C)(C)C. The third-order valence-electron chi connectivity index (χ3n) is 4.37. The lowest BCUT2D eigenvalue weighted by Gasteiger charge is -2.30. The zero-order chi connectivity index (χ0) is 20.0. The maximum atomic E-state index is 12.0. The predicted molar refractivity (Wildman–Crippen MR) is 103 cm³/mol. The van der Waals surface area contributed by atoms with Gasteiger partial charge in [-0.2, -0.15) is 0 Å². The van der Waals surface area contributed by atoms with Gasteiger partial charge >= 0.3 is 12.1 Å². The Kier molecular flexibility index (Phi) is 8.38. The number of alkyl carbamates (subject to hydrolysis) is 1. The summed E-state index contributed by atoms with van der Waals surface area (Å²) in [5.41, 5.74) is -0.912. The maximum absolute atomic E-state index is 12.0. The van der Waals surface area contributed by atoms with E-state index < -0.39 is 11.2 Å². The molecule has 26 heavy (non-hydrogen) atoms. The van der Waals surface area contributed by atoms with Gasteiger partial charge in [-0.25, -0.2) is 4.79 Å². The highest BCUT2D eigenvalue weighted by atomic mass is 16.6. The van der Waals surface area contributed by atoms with Crippen LogP contribution in [0, 0.1) is 11.8 Å². The number of amides is 1. The summed E-state index contributed by atoms with van der Waals surface area (Å²) in [5, 5.41) is 6.17. The number of hydrogen-bond acceptors (Lipinski definition) is 5. The van der Waals surface area contributed by atoms with Crippen LogP contribution in [-0.2, 0) is 14.3 Å². The van der Waals surface area contributed by atoms with Crippen LogP contribution in [-0.4, -0.2) is 42.4 Å². The van der Waals surface area contributed by atoms with Gasteiger partial charge in [-0.3, -0.25) is 4.79 Å². The molecule has 0 bridgehead atoms. The predicted octanol–water partition coefficient (Wildman–Crippen LogP) is 3.64. The van der Waals surface area contributed by atoms with E-state index in [2.05, 4.69) is 10.6 Å². The molecular formula is C20H38N2O4. The van der Waals surface area contributed by atoms with Crippen LogP contribution in [0.1, 0.15) is 74.1 Å². The van der Waals surface area contributed by atoms with Gasteiger partial charge in [0.25, 0.3) is 0 Å². The Balaban J connectivity index is 2.22. The molecule has 6 heteroatoms. The second-order valence-electron chi connectivity index (χ2n) is 9.43. The van der Waals surface area contributed by atoms with Gasteiger partial charge in [0, 0.05) is 6.54 Å². The fourth-order valence-corrected chi connectivity index (χ4v) is 3.00.